The van der Waals surface area contributed by atoms with Crippen molar-refractivity contribution in [1.82, 2.24) is 9.27 Å². The first-order chi connectivity index (χ1) is 11.5. The summed E-state index contributed by atoms with van der Waals surface area (Å²) < 4.78 is 2.21. The number of nitrogens with zero attached hydrogens (tertiary/aromatic N) is 2. The molecule has 1 heterocycles. The van der Waals surface area contributed by atoms with E-state index in [1.165, 1.54) is 16.1 Å². The van der Waals surface area contributed by atoms with Crippen LogP contribution >= 0.6 is 10.7 Å². The highest BCUT2D eigenvalue weighted by Gasteiger charge is 2.29. The summed E-state index contributed by atoms with van der Waals surface area (Å²) in [6.07, 6.45) is 0. The maximum atomic E-state index is 12.5. The topological polar surface area (TPSA) is 94.2 Å². The number of amides is 1. The van der Waals surface area contributed by atoms with Gasteiger partial charge < -0.3 is 17.7 Å². The maximum absolute atomic E-state index is 12.5. The average Bonchev–Trinajstić information content (AvgIpc) is 2.84. The number of carbonyl (C=O) groups excluding carboxylic acids is 1. The maximum Gasteiger partial charge on any atom is 0.304 e. The molecule has 0 aliphatic carbocycles. The highest BCUT2D eigenvalue weighted by molar-refractivity contribution is 7.41. The number of carbonyl (C=O) groups is 1. The quantitative estimate of drug-likeness (QED) is 0.379. The van der Waals surface area contributed by atoms with Gasteiger partial charge in [-0.25, -0.2) is 0 Å². The van der Waals surface area contributed by atoms with Gasteiger partial charge in [0.2, 0.25) is 9.60 Å². The van der Waals surface area contributed by atoms with Crippen molar-refractivity contribution in [2.75, 3.05) is 7.05 Å². The molecule has 2 aromatic carbocycles. The Morgan fingerprint density at radius 2 is 1.92 bits per heavy atom. The highest BCUT2D eigenvalue weighted by atomic mass is 35.5. The Morgan fingerprint density at radius 3 is 2.56 bits per heavy atom. The fourth-order valence-corrected chi connectivity index (χ4v) is 4.81. The van der Waals surface area contributed by atoms with Crippen LogP contribution in [-0.2, 0) is 7.05 Å². The van der Waals surface area contributed by atoms with E-state index < -0.39 is 15.6 Å². The van der Waals surface area contributed by atoms with Crippen LogP contribution in [-0.4, -0.2) is 21.8 Å². The summed E-state index contributed by atoms with van der Waals surface area (Å²) in [6, 6.07) is 11.3. The minimum absolute atomic E-state index is 0. The number of benzene rings is 2. The van der Waals surface area contributed by atoms with E-state index in [0.717, 1.165) is 0 Å². The Hall–Kier alpha value is -2.71. The molecular formula is C16H14ClN3O4S. The van der Waals surface area contributed by atoms with Gasteiger partial charge in [0.05, 0.1) is 12.0 Å². The fraction of sp³-hybridized carbons (Fsp3) is 0.125. The molecule has 7 nitrogen and oxygen atoms in total. The second-order valence-corrected chi connectivity index (χ2v) is 7.10. The van der Waals surface area contributed by atoms with Crippen molar-refractivity contribution in [3.8, 4) is 4.90 Å². The lowest BCUT2D eigenvalue weighted by Crippen LogP contribution is -3.00. The molecule has 0 saturated heterocycles. The zero-order valence-electron chi connectivity index (χ0n) is 13.4. The van der Waals surface area contributed by atoms with Gasteiger partial charge in [-0.15, -0.1) is 3.96 Å². The summed E-state index contributed by atoms with van der Waals surface area (Å²) in [5, 5.41) is 13.9. The molecule has 1 N–H and O–H groups in total. The van der Waals surface area contributed by atoms with Crippen molar-refractivity contribution in [3.63, 3.8) is 0 Å². The number of non-ortho nitro benzene ring substituents is 1. The van der Waals surface area contributed by atoms with Gasteiger partial charge in [0.25, 0.3) is 11.6 Å². The van der Waals surface area contributed by atoms with Crippen LogP contribution in [0.5, 0.6) is 0 Å². The molecule has 0 aliphatic rings. The molecule has 0 radical (unpaired) electrons. The predicted octanol–water partition coefficient (Wildman–Crippen LogP) is -0.451. The summed E-state index contributed by atoms with van der Waals surface area (Å²) in [4.78, 5) is 35.8. The lowest BCUT2D eigenvalue weighted by molar-refractivity contribution is -0.384. The normalized spacial score (nSPS) is 11.0. The Labute approximate surface area is 151 Å². The molecule has 0 saturated carbocycles. The largest absolute Gasteiger partial charge is 1.00 e. The Morgan fingerprint density at radius 1 is 1.24 bits per heavy atom. The lowest BCUT2D eigenvalue weighted by atomic mass is 10.2. The van der Waals surface area contributed by atoms with E-state index in [1.807, 2.05) is 0 Å². The molecule has 0 aliphatic heterocycles. The van der Waals surface area contributed by atoms with Crippen LogP contribution in [0.25, 0.3) is 15.0 Å². The minimum Gasteiger partial charge on any atom is -1.00 e. The first-order valence-corrected chi connectivity index (χ1v) is 8.26. The molecule has 0 fully saturated rings. The Balaban J connectivity index is 0.00000225. The van der Waals surface area contributed by atoms with E-state index in [4.69, 9.17) is 0 Å². The lowest BCUT2D eigenvalue weighted by Gasteiger charge is -2.02. The van der Waals surface area contributed by atoms with Gasteiger partial charge in [-0.1, -0.05) is 12.1 Å². The van der Waals surface area contributed by atoms with Gasteiger partial charge in [0.1, 0.15) is 21.6 Å². The van der Waals surface area contributed by atoms with Crippen LogP contribution in [0, 0.1) is 10.1 Å². The van der Waals surface area contributed by atoms with Crippen LogP contribution in [0.2, 0.25) is 0 Å². The molecule has 9 heteroatoms. The third-order valence-corrected chi connectivity index (χ3v) is 6.00. The van der Waals surface area contributed by atoms with Gasteiger partial charge in [0, 0.05) is 31.3 Å². The van der Waals surface area contributed by atoms with Crippen LogP contribution in [0.15, 0.2) is 47.3 Å². The Kier molecular flexibility index (Phi) is 5.24. The van der Waals surface area contributed by atoms with Gasteiger partial charge in [-0.05, 0) is 6.07 Å². The predicted molar refractivity (Wildman–Crippen MR) is 93.0 cm³/mol. The van der Waals surface area contributed by atoms with Crippen molar-refractivity contribution in [2.45, 2.75) is 0 Å². The third kappa shape index (κ3) is 3.01. The number of rotatable bonds is 3. The summed E-state index contributed by atoms with van der Waals surface area (Å²) in [7, 11) is 2.39. The van der Waals surface area contributed by atoms with Crippen LogP contribution in [0.3, 0.4) is 0 Å². The molecule has 0 bridgehead atoms. The molecular weight excluding hydrogens is 366 g/mol. The molecule has 130 valence electrons. The van der Waals surface area contributed by atoms with Crippen LogP contribution in [0.4, 0.5) is 5.69 Å². The SMILES string of the molecule is CNC(=O)c1ccccc1-[s+]1c2ccc([N+](=O)[O-])cc2c(=O)n1C.[Cl-]. The second-order valence-electron chi connectivity index (χ2n) is 5.10. The van der Waals surface area contributed by atoms with E-state index >= 15 is 0 Å². The van der Waals surface area contributed by atoms with Crippen molar-refractivity contribution in [2.24, 2.45) is 7.05 Å². The zero-order valence-corrected chi connectivity index (χ0v) is 14.9. The fourth-order valence-electron chi connectivity index (χ4n) is 2.59. The molecule has 3 aromatic rings. The highest BCUT2D eigenvalue weighted by Crippen LogP contribution is 2.39. The van der Waals surface area contributed by atoms with Crippen molar-refractivity contribution >= 4 is 32.3 Å². The van der Waals surface area contributed by atoms with Gasteiger partial charge >= 0.3 is 5.56 Å². The monoisotopic (exact) mass is 379 g/mol. The number of nitro benzene ring substituents is 1. The molecule has 1 atom stereocenters. The Bertz CT molecular complexity index is 1040. The molecule has 1 unspecified atom stereocenters. The van der Waals surface area contributed by atoms with Crippen molar-refractivity contribution in [3.05, 3.63) is 68.5 Å². The van der Waals surface area contributed by atoms with E-state index in [9.17, 15) is 19.7 Å². The van der Waals surface area contributed by atoms with Crippen molar-refractivity contribution in [1.29, 1.82) is 0 Å². The van der Waals surface area contributed by atoms with Gasteiger partial charge in [0.15, 0.2) is 0 Å². The number of nitro groups is 1. The first-order valence-electron chi connectivity index (χ1n) is 7.07. The van der Waals surface area contributed by atoms with E-state index in [0.29, 0.717) is 20.5 Å². The molecule has 25 heavy (non-hydrogen) atoms. The van der Waals surface area contributed by atoms with E-state index in [1.54, 1.807) is 44.4 Å². The minimum atomic E-state index is -0.795. The number of aromatic nitrogens is 1. The van der Waals surface area contributed by atoms with Gasteiger partial charge in [-0.2, -0.15) is 0 Å². The number of hydrogen-bond acceptors (Lipinski definition) is 4. The number of nitrogens with one attached hydrogen (secondary N) is 1. The average molecular weight is 380 g/mol. The summed E-state index contributed by atoms with van der Waals surface area (Å²) in [6.45, 7) is 0. The van der Waals surface area contributed by atoms with E-state index in [2.05, 4.69) is 5.32 Å². The number of hydrogen-bond donors (Lipinski definition) is 1. The number of halogens is 1. The standard InChI is InChI=1S/C16H13N3O4S.ClH/c1-17-15(20)11-5-3-4-6-13(11)24-14-8-7-10(19(22)23)9-12(14)16(21)18(24)2;/h3-9H,1-2H3;1H. The smallest absolute Gasteiger partial charge is 0.304 e. The molecule has 3 rings (SSSR count). The van der Waals surface area contributed by atoms with Crippen molar-refractivity contribution < 1.29 is 22.1 Å². The zero-order chi connectivity index (χ0) is 17.4. The number of fused-ring (bicyclic) bond motifs is 1. The van der Waals surface area contributed by atoms with E-state index in [-0.39, 0.29) is 29.6 Å². The third-order valence-electron chi connectivity index (χ3n) is 3.74. The summed E-state index contributed by atoms with van der Waals surface area (Å²) >= 11 is 0. The first kappa shape index (κ1) is 18.6. The van der Waals surface area contributed by atoms with Crippen LogP contribution < -0.4 is 23.3 Å². The molecule has 1 aromatic heterocycles. The summed E-state index contributed by atoms with van der Waals surface area (Å²) in [5.74, 6) is -0.241. The van der Waals surface area contributed by atoms with Gasteiger partial charge in [-0.3, -0.25) is 19.7 Å². The summed E-state index contributed by atoms with van der Waals surface area (Å²) in [5.41, 5.74) is 0.0680. The second kappa shape index (κ2) is 7.04. The van der Waals surface area contributed by atoms with Crippen LogP contribution in [0.1, 0.15) is 10.4 Å². The molecule has 1 amide bonds. The molecule has 0 spiro atoms.